The van der Waals surface area contributed by atoms with E-state index in [1.165, 1.54) is 0 Å². The van der Waals surface area contributed by atoms with Gasteiger partial charge < -0.3 is 10.5 Å². The molecule has 2 nitrogen and oxygen atoms in total. The number of ether oxygens (including phenoxy) is 1. The summed E-state index contributed by atoms with van der Waals surface area (Å²) >= 11 is 9.72. The first-order valence-corrected chi connectivity index (χ1v) is 7.22. The lowest BCUT2D eigenvalue weighted by atomic mass is 9.99. The maximum Gasteiger partial charge on any atom is 0.120 e. The number of benzene rings is 2. The van der Waals surface area contributed by atoms with E-state index in [0.29, 0.717) is 11.6 Å². The highest BCUT2D eigenvalue weighted by atomic mass is 79.9. The summed E-state index contributed by atoms with van der Waals surface area (Å²) in [7, 11) is 0. The predicted molar refractivity (Wildman–Crippen MR) is 82.8 cm³/mol. The van der Waals surface area contributed by atoms with Gasteiger partial charge in [0.25, 0.3) is 0 Å². The van der Waals surface area contributed by atoms with Gasteiger partial charge in [0, 0.05) is 9.50 Å². The molecule has 0 saturated carbocycles. The molecule has 2 aromatic rings. The molecule has 100 valence electrons. The van der Waals surface area contributed by atoms with Crippen LogP contribution in [0.3, 0.4) is 0 Å². The maximum atomic E-state index is 6.29. The van der Waals surface area contributed by atoms with Crippen LogP contribution in [0, 0.1) is 0 Å². The Labute approximate surface area is 126 Å². The summed E-state index contributed by atoms with van der Waals surface area (Å²) in [4.78, 5) is 0. The first-order chi connectivity index (χ1) is 9.13. The zero-order chi connectivity index (χ0) is 13.8. The van der Waals surface area contributed by atoms with Crippen molar-refractivity contribution in [1.29, 1.82) is 0 Å². The predicted octanol–water partition coefficient (Wildman–Crippen LogP) is 4.55. The maximum absolute atomic E-state index is 6.29. The molecule has 0 aliphatic rings. The van der Waals surface area contributed by atoms with E-state index in [1.807, 2.05) is 49.4 Å². The topological polar surface area (TPSA) is 35.2 Å². The van der Waals surface area contributed by atoms with E-state index in [9.17, 15) is 0 Å². The molecular formula is C15H15BrClNO. The molecule has 0 spiro atoms. The SMILES string of the molecule is CCOc1ccc(C(N)c2ccccc2Cl)c(Br)c1. The van der Waals surface area contributed by atoms with Crippen LogP contribution in [0.1, 0.15) is 24.1 Å². The third-order valence-corrected chi connectivity index (χ3v) is 3.89. The third kappa shape index (κ3) is 3.30. The zero-order valence-electron chi connectivity index (χ0n) is 10.6. The summed E-state index contributed by atoms with van der Waals surface area (Å²) in [5.41, 5.74) is 8.18. The summed E-state index contributed by atoms with van der Waals surface area (Å²) in [6.45, 7) is 2.60. The molecule has 2 rings (SSSR count). The standard InChI is InChI=1S/C15H15BrClNO/c1-2-19-10-7-8-11(13(16)9-10)15(18)12-5-3-4-6-14(12)17/h3-9,15H,2,18H2,1H3. The summed E-state index contributed by atoms with van der Waals surface area (Å²) in [5, 5.41) is 0.677. The molecule has 2 aromatic carbocycles. The molecule has 1 unspecified atom stereocenters. The lowest BCUT2D eigenvalue weighted by Gasteiger charge is -2.16. The van der Waals surface area contributed by atoms with Crippen molar-refractivity contribution in [1.82, 2.24) is 0 Å². The second-order valence-corrected chi connectivity index (χ2v) is 5.38. The van der Waals surface area contributed by atoms with E-state index in [4.69, 9.17) is 22.1 Å². The number of nitrogens with two attached hydrogens (primary N) is 1. The van der Waals surface area contributed by atoms with Gasteiger partial charge in [-0.05, 0) is 36.2 Å². The fourth-order valence-electron chi connectivity index (χ4n) is 1.91. The van der Waals surface area contributed by atoms with Crippen molar-refractivity contribution >= 4 is 27.5 Å². The highest BCUT2D eigenvalue weighted by Crippen LogP contribution is 2.32. The molecule has 0 radical (unpaired) electrons. The molecule has 0 aliphatic carbocycles. The number of rotatable bonds is 4. The summed E-state index contributed by atoms with van der Waals surface area (Å²) in [6.07, 6.45) is 0. The van der Waals surface area contributed by atoms with Gasteiger partial charge in [-0.25, -0.2) is 0 Å². The Morgan fingerprint density at radius 2 is 1.95 bits per heavy atom. The molecule has 0 saturated heterocycles. The number of halogens is 2. The van der Waals surface area contributed by atoms with Crippen LogP contribution >= 0.6 is 27.5 Å². The quantitative estimate of drug-likeness (QED) is 0.886. The van der Waals surface area contributed by atoms with Crippen LogP contribution < -0.4 is 10.5 Å². The first-order valence-electron chi connectivity index (χ1n) is 6.05. The molecule has 4 heteroatoms. The summed E-state index contributed by atoms with van der Waals surface area (Å²) in [6, 6.07) is 13.2. The highest BCUT2D eigenvalue weighted by Gasteiger charge is 2.15. The summed E-state index contributed by atoms with van der Waals surface area (Å²) < 4.78 is 6.38. The lowest BCUT2D eigenvalue weighted by Crippen LogP contribution is -2.13. The van der Waals surface area contributed by atoms with E-state index >= 15 is 0 Å². The van der Waals surface area contributed by atoms with Crippen molar-refractivity contribution < 1.29 is 4.74 Å². The molecule has 19 heavy (non-hydrogen) atoms. The second kappa shape index (κ2) is 6.42. The van der Waals surface area contributed by atoms with E-state index in [1.54, 1.807) is 0 Å². The van der Waals surface area contributed by atoms with Gasteiger partial charge in [0.2, 0.25) is 0 Å². The molecule has 0 bridgehead atoms. The molecule has 0 aliphatic heterocycles. The molecule has 1 atom stereocenters. The normalized spacial score (nSPS) is 12.2. The van der Waals surface area contributed by atoms with Crippen LogP contribution in [0.5, 0.6) is 5.75 Å². The number of hydrogen-bond acceptors (Lipinski definition) is 2. The Morgan fingerprint density at radius 1 is 1.21 bits per heavy atom. The molecule has 2 N–H and O–H groups in total. The Kier molecular flexibility index (Phi) is 4.86. The summed E-state index contributed by atoms with van der Waals surface area (Å²) in [5.74, 6) is 0.824. The highest BCUT2D eigenvalue weighted by molar-refractivity contribution is 9.10. The van der Waals surface area contributed by atoms with Gasteiger partial charge in [0.05, 0.1) is 12.6 Å². The average molecular weight is 341 g/mol. The molecule has 0 amide bonds. The van der Waals surface area contributed by atoms with Gasteiger partial charge in [-0.1, -0.05) is 51.8 Å². The smallest absolute Gasteiger partial charge is 0.120 e. The molecule has 0 fully saturated rings. The fourth-order valence-corrected chi connectivity index (χ4v) is 2.77. The van der Waals surface area contributed by atoms with Gasteiger partial charge in [-0.15, -0.1) is 0 Å². The van der Waals surface area contributed by atoms with Crippen molar-refractivity contribution in [2.75, 3.05) is 6.61 Å². The second-order valence-electron chi connectivity index (χ2n) is 4.12. The van der Waals surface area contributed by atoms with E-state index in [0.717, 1.165) is 21.3 Å². The Hall–Kier alpha value is -1.03. The van der Waals surface area contributed by atoms with Crippen molar-refractivity contribution in [3.63, 3.8) is 0 Å². The Balaban J connectivity index is 2.34. The van der Waals surface area contributed by atoms with Crippen LogP contribution in [0.4, 0.5) is 0 Å². The third-order valence-electron chi connectivity index (χ3n) is 2.86. The first kappa shape index (κ1) is 14.4. The van der Waals surface area contributed by atoms with E-state index in [-0.39, 0.29) is 6.04 Å². The molecule has 0 heterocycles. The van der Waals surface area contributed by atoms with Crippen LogP contribution in [0.25, 0.3) is 0 Å². The van der Waals surface area contributed by atoms with Crippen LogP contribution in [-0.4, -0.2) is 6.61 Å². The number of hydrogen-bond donors (Lipinski definition) is 1. The lowest BCUT2D eigenvalue weighted by molar-refractivity contribution is 0.340. The van der Waals surface area contributed by atoms with Crippen molar-refractivity contribution in [3.8, 4) is 5.75 Å². The average Bonchev–Trinajstić information content (AvgIpc) is 2.39. The van der Waals surface area contributed by atoms with Crippen molar-refractivity contribution in [2.24, 2.45) is 5.73 Å². The Morgan fingerprint density at radius 3 is 2.58 bits per heavy atom. The minimum Gasteiger partial charge on any atom is -0.494 e. The van der Waals surface area contributed by atoms with E-state index in [2.05, 4.69) is 15.9 Å². The molecular weight excluding hydrogens is 326 g/mol. The largest absolute Gasteiger partial charge is 0.494 e. The Bertz CT molecular complexity index is 574. The van der Waals surface area contributed by atoms with Crippen molar-refractivity contribution in [2.45, 2.75) is 13.0 Å². The van der Waals surface area contributed by atoms with Crippen LogP contribution in [-0.2, 0) is 0 Å². The van der Waals surface area contributed by atoms with Gasteiger partial charge in [0.15, 0.2) is 0 Å². The van der Waals surface area contributed by atoms with Crippen molar-refractivity contribution in [3.05, 3.63) is 63.1 Å². The van der Waals surface area contributed by atoms with Crippen LogP contribution in [0.15, 0.2) is 46.9 Å². The fraction of sp³-hybridized carbons (Fsp3) is 0.200. The van der Waals surface area contributed by atoms with Gasteiger partial charge in [0.1, 0.15) is 5.75 Å². The minimum absolute atomic E-state index is 0.265. The van der Waals surface area contributed by atoms with E-state index < -0.39 is 0 Å². The van der Waals surface area contributed by atoms with Gasteiger partial charge >= 0.3 is 0 Å². The monoisotopic (exact) mass is 339 g/mol. The van der Waals surface area contributed by atoms with Crippen LogP contribution in [0.2, 0.25) is 5.02 Å². The van der Waals surface area contributed by atoms with Gasteiger partial charge in [-0.3, -0.25) is 0 Å². The zero-order valence-corrected chi connectivity index (χ0v) is 12.9. The minimum atomic E-state index is -0.265. The molecule has 0 aromatic heterocycles. The van der Waals surface area contributed by atoms with Gasteiger partial charge in [-0.2, -0.15) is 0 Å².